The van der Waals surface area contributed by atoms with E-state index in [9.17, 15) is 0 Å². The average Bonchev–Trinajstić information content (AvgIpc) is 2.41. The van der Waals surface area contributed by atoms with Gasteiger partial charge in [0.1, 0.15) is 11.6 Å². The quantitative estimate of drug-likeness (QED) is 0.865. The van der Waals surface area contributed by atoms with Gasteiger partial charge in [0.25, 0.3) is 0 Å². The Morgan fingerprint density at radius 1 is 1.35 bits per heavy atom. The van der Waals surface area contributed by atoms with Gasteiger partial charge >= 0.3 is 0 Å². The molecule has 1 aliphatic rings. The number of aryl methyl sites for hydroxylation is 1. The molecule has 0 atom stereocenters. The third-order valence-electron chi connectivity index (χ3n) is 3.72. The lowest BCUT2D eigenvalue weighted by molar-refractivity contribution is 0.199. The Labute approximate surface area is 121 Å². The highest BCUT2D eigenvalue weighted by Crippen LogP contribution is 2.16. The molecule has 0 amide bonds. The van der Waals surface area contributed by atoms with Gasteiger partial charge in [-0.25, -0.2) is 4.98 Å². The maximum atomic E-state index is 5.43. The molecule has 1 aliphatic heterocycles. The van der Waals surface area contributed by atoms with Crippen LogP contribution in [0.15, 0.2) is 6.07 Å². The van der Waals surface area contributed by atoms with E-state index in [1.54, 1.807) is 0 Å². The second-order valence-corrected chi connectivity index (χ2v) is 5.52. The zero-order valence-electron chi connectivity index (χ0n) is 12.9. The van der Waals surface area contributed by atoms with E-state index in [-0.39, 0.29) is 0 Å². The van der Waals surface area contributed by atoms with Crippen LogP contribution in [0.1, 0.15) is 32.5 Å². The Morgan fingerprint density at radius 2 is 2.10 bits per heavy atom. The van der Waals surface area contributed by atoms with Crippen LogP contribution in [0.5, 0.6) is 5.88 Å². The molecule has 0 spiro atoms. The summed E-state index contributed by atoms with van der Waals surface area (Å²) in [6.45, 7) is 11.2. The van der Waals surface area contributed by atoms with Crippen molar-refractivity contribution in [3.05, 3.63) is 11.9 Å². The number of rotatable bonds is 6. The van der Waals surface area contributed by atoms with Crippen molar-refractivity contribution in [2.24, 2.45) is 5.92 Å². The molecule has 2 heterocycles. The van der Waals surface area contributed by atoms with Gasteiger partial charge in [-0.2, -0.15) is 4.98 Å². The summed E-state index contributed by atoms with van der Waals surface area (Å²) >= 11 is 0. The summed E-state index contributed by atoms with van der Waals surface area (Å²) in [5, 5.41) is 3.37. The number of aromatic nitrogens is 2. The van der Waals surface area contributed by atoms with Crippen LogP contribution in [0.4, 0.5) is 5.82 Å². The Hall–Kier alpha value is -1.36. The van der Waals surface area contributed by atoms with E-state index in [0.717, 1.165) is 30.6 Å². The van der Waals surface area contributed by atoms with E-state index in [1.165, 1.54) is 25.9 Å². The van der Waals surface area contributed by atoms with Gasteiger partial charge in [-0.1, -0.05) is 6.92 Å². The number of piperidine rings is 1. The molecule has 1 saturated heterocycles. The summed E-state index contributed by atoms with van der Waals surface area (Å²) in [4.78, 5) is 11.2. The number of likely N-dealkylation sites (tertiary alicyclic amines) is 1. The molecule has 1 aromatic heterocycles. The number of nitrogens with zero attached hydrogens (tertiary/aromatic N) is 3. The molecule has 0 saturated carbocycles. The summed E-state index contributed by atoms with van der Waals surface area (Å²) in [6, 6.07) is 1.87. The van der Waals surface area contributed by atoms with Crippen LogP contribution in [0.3, 0.4) is 0 Å². The Balaban J connectivity index is 1.78. The average molecular weight is 278 g/mol. The maximum absolute atomic E-state index is 5.43. The summed E-state index contributed by atoms with van der Waals surface area (Å²) in [7, 11) is 0. The Morgan fingerprint density at radius 3 is 2.80 bits per heavy atom. The normalized spacial score (nSPS) is 17.1. The monoisotopic (exact) mass is 278 g/mol. The first-order chi connectivity index (χ1) is 9.67. The van der Waals surface area contributed by atoms with Gasteiger partial charge in [-0.05, 0) is 45.7 Å². The van der Waals surface area contributed by atoms with Crippen LogP contribution in [-0.4, -0.2) is 47.7 Å². The minimum absolute atomic E-state index is 0.627. The molecule has 0 bridgehead atoms. The predicted octanol–water partition coefficient (Wildman–Crippen LogP) is 2.33. The summed E-state index contributed by atoms with van der Waals surface area (Å²) in [5.74, 6) is 3.13. The molecule has 20 heavy (non-hydrogen) atoms. The molecule has 1 aromatic rings. The molecule has 5 nitrogen and oxygen atoms in total. The van der Waals surface area contributed by atoms with Crippen LogP contribution in [0.25, 0.3) is 0 Å². The van der Waals surface area contributed by atoms with E-state index < -0.39 is 0 Å². The zero-order valence-corrected chi connectivity index (χ0v) is 12.9. The third kappa shape index (κ3) is 4.63. The molecule has 0 aliphatic carbocycles. The summed E-state index contributed by atoms with van der Waals surface area (Å²) < 4.78 is 5.43. The lowest BCUT2D eigenvalue weighted by Crippen LogP contribution is -2.36. The fourth-order valence-corrected chi connectivity index (χ4v) is 2.48. The molecule has 0 radical (unpaired) electrons. The minimum atomic E-state index is 0.627. The highest BCUT2D eigenvalue weighted by atomic mass is 16.5. The molecule has 1 fully saturated rings. The standard InChI is InChI=1S/C15H26N4O/c1-4-20-15-11-14(17-13(3)18-15)16-7-10-19-8-5-12(2)6-9-19/h11-12H,4-10H2,1-3H3,(H,16,17,18). The zero-order chi connectivity index (χ0) is 14.4. The van der Waals surface area contributed by atoms with Crippen LogP contribution >= 0.6 is 0 Å². The van der Waals surface area contributed by atoms with Crippen molar-refractivity contribution in [2.75, 3.05) is 38.1 Å². The highest BCUT2D eigenvalue weighted by molar-refractivity contribution is 5.38. The van der Waals surface area contributed by atoms with Gasteiger partial charge in [-0.15, -0.1) is 0 Å². The van der Waals surface area contributed by atoms with Crippen molar-refractivity contribution in [1.82, 2.24) is 14.9 Å². The van der Waals surface area contributed by atoms with E-state index in [1.807, 2.05) is 19.9 Å². The van der Waals surface area contributed by atoms with Gasteiger partial charge in [0.05, 0.1) is 6.61 Å². The predicted molar refractivity (Wildman–Crippen MR) is 81.3 cm³/mol. The molecule has 1 N–H and O–H groups in total. The second kappa shape index (κ2) is 7.43. The van der Waals surface area contributed by atoms with E-state index in [4.69, 9.17) is 4.74 Å². The maximum Gasteiger partial charge on any atom is 0.218 e. The van der Waals surface area contributed by atoms with Crippen molar-refractivity contribution in [3.8, 4) is 5.88 Å². The van der Waals surface area contributed by atoms with E-state index in [0.29, 0.717) is 12.5 Å². The molecule has 0 unspecified atom stereocenters. The number of hydrogen-bond acceptors (Lipinski definition) is 5. The van der Waals surface area contributed by atoms with Gasteiger partial charge in [0.2, 0.25) is 5.88 Å². The fraction of sp³-hybridized carbons (Fsp3) is 0.733. The van der Waals surface area contributed by atoms with Crippen molar-refractivity contribution in [1.29, 1.82) is 0 Å². The van der Waals surface area contributed by atoms with Crippen molar-refractivity contribution in [3.63, 3.8) is 0 Å². The van der Waals surface area contributed by atoms with Crippen LogP contribution < -0.4 is 10.1 Å². The largest absolute Gasteiger partial charge is 0.478 e. The van der Waals surface area contributed by atoms with E-state index in [2.05, 4.69) is 27.1 Å². The number of nitrogens with one attached hydrogen (secondary N) is 1. The van der Waals surface area contributed by atoms with Gasteiger partial charge in [0.15, 0.2) is 0 Å². The smallest absolute Gasteiger partial charge is 0.218 e. The minimum Gasteiger partial charge on any atom is -0.478 e. The van der Waals surface area contributed by atoms with Gasteiger partial charge < -0.3 is 15.0 Å². The van der Waals surface area contributed by atoms with Crippen LogP contribution in [0.2, 0.25) is 0 Å². The molecular formula is C15H26N4O. The summed E-state index contributed by atoms with van der Waals surface area (Å²) in [5.41, 5.74) is 0. The van der Waals surface area contributed by atoms with Crippen molar-refractivity contribution in [2.45, 2.75) is 33.6 Å². The topological polar surface area (TPSA) is 50.3 Å². The Bertz CT molecular complexity index is 416. The molecular weight excluding hydrogens is 252 g/mol. The Kier molecular flexibility index (Phi) is 5.59. The van der Waals surface area contributed by atoms with Crippen LogP contribution in [0, 0.1) is 12.8 Å². The lowest BCUT2D eigenvalue weighted by atomic mass is 9.99. The fourth-order valence-electron chi connectivity index (χ4n) is 2.48. The first kappa shape index (κ1) is 15.0. The first-order valence-electron chi connectivity index (χ1n) is 7.62. The number of ether oxygens (including phenoxy) is 1. The SMILES string of the molecule is CCOc1cc(NCCN2CCC(C)CC2)nc(C)n1. The molecule has 112 valence electrons. The molecule has 0 aromatic carbocycles. The van der Waals surface area contributed by atoms with Crippen molar-refractivity contribution >= 4 is 5.82 Å². The van der Waals surface area contributed by atoms with Crippen LogP contribution in [-0.2, 0) is 0 Å². The first-order valence-corrected chi connectivity index (χ1v) is 7.62. The number of hydrogen-bond donors (Lipinski definition) is 1. The lowest BCUT2D eigenvalue weighted by Gasteiger charge is -2.30. The third-order valence-corrected chi connectivity index (χ3v) is 3.72. The van der Waals surface area contributed by atoms with E-state index >= 15 is 0 Å². The van der Waals surface area contributed by atoms with Gasteiger partial charge in [0, 0.05) is 19.2 Å². The highest BCUT2D eigenvalue weighted by Gasteiger charge is 2.14. The summed E-state index contributed by atoms with van der Waals surface area (Å²) in [6.07, 6.45) is 2.64. The van der Waals surface area contributed by atoms with Crippen molar-refractivity contribution < 1.29 is 4.74 Å². The molecule has 5 heteroatoms. The second-order valence-electron chi connectivity index (χ2n) is 5.52. The molecule has 2 rings (SSSR count). The number of anilines is 1. The van der Waals surface area contributed by atoms with Gasteiger partial charge in [-0.3, -0.25) is 0 Å².